The minimum Gasteiger partial charge on any atom is -0.457 e. The number of primary sulfonamides is 1. The van der Waals surface area contributed by atoms with Crippen LogP contribution in [0, 0.1) is 0 Å². The third kappa shape index (κ3) is 7.79. The van der Waals surface area contributed by atoms with Crippen molar-refractivity contribution in [3.8, 4) is 11.5 Å². The van der Waals surface area contributed by atoms with E-state index < -0.39 is 26.1 Å². The maximum absolute atomic E-state index is 12.2. The fourth-order valence-corrected chi connectivity index (χ4v) is 4.13. The zero-order valence-corrected chi connectivity index (χ0v) is 18.9. The van der Waals surface area contributed by atoms with Crippen molar-refractivity contribution >= 4 is 37.5 Å². The van der Waals surface area contributed by atoms with Crippen molar-refractivity contribution in [2.45, 2.75) is 4.90 Å². The van der Waals surface area contributed by atoms with Gasteiger partial charge < -0.3 is 15.4 Å². The average molecular weight is 491 g/mol. The lowest BCUT2D eigenvalue weighted by Crippen LogP contribution is -2.34. The Labute approximate surface area is 191 Å². The molecular formula is C21H22N4O6S2. The van der Waals surface area contributed by atoms with E-state index in [1.54, 1.807) is 24.3 Å². The molecule has 0 aliphatic carbocycles. The molecule has 0 saturated heterocycles. The van der Waals surface area contributed by atoms with Crippen LogP contribution < -0.4 is 25.2 Å². The van der Waals surface area contributed by atoms with Crippen LogP contribution >= 0.6 is 0 Å². The maximum atomic E-state index is 12.2. The molecule has 3 aromatic rings. The summed E-state index contributed by atoms with van der Waals surface area (Å²) >= 11 is 0. The molecule has 0 aromatic heterocycles. The summed E-state index contributed by atoms with van der Waals surface area (Å²) in [5.74, 6) is 0.897. The van der Waals surface area contributed by atoms with E-state index in [0.717, 1.165) is 0 Å². The molecule has 0 radical (unpaired) electrons. The van der Waals surface area contributed by atoms with Gasteiger partial charge in [0.05, 0.1) is 10.6 Å². The molecule has 0 spiro atoms. The minimum absolute atomic E-state index is 0.136. The van der Waals surface area contributed by atoms with Gasteiger partial charge in [-0.15, -0.1) is 0 Å². The van der Waals surface area contributed by atoms with Crippen LogP contribution in [-0.4, -0.2) is 35.2 Å². The normalized spacial score (nSPS) is 11.4. The van der Waals surface area contributed by atoms with Crippen LogP contribution in [-0.2, 0) is 20.0 Å². The highest BCUT2D eigenvalue weighted by Crippen LogP contribution is 2.22. The van der Waals surface area contributed by atoms with E-state index in [1.165, 1.54) is 24.3 Å². The lowest BCUT2D eigenvalue weighted by Gasteiger charge is -2.11. The molecule has 0 aliphatic rings. The number of benzene rings is 3. The maximum Gasteiger partial charge on any atom is 0.319 e. The van der Waals surface area contributed by atoms with Gasteiger partial charge in [0, 0.05) is 17.9 Å². The summed E-state index contributed by atoms with van der Waals surface area (Å²) in [5.41, 5.74) is 0.675. The van der Waals surface area contributed by atoms with Crippen LogP contribution in [0.1, 0.15) is 0 Å². The number of anilines is 2. The van der Waals surface area contributed by atoms with Crippen LogP contribution in [0.2, 0.25) is 0 Å². The molecule has 3 aromatic carbocycles. The van der Waals surface area contributed by atoms with Crippen LogP contribution in [0.25, 0.3) is 0 Å². The zero-order chi connectivity index (χ0) is 23.9. The van der Waals surface area contributed by atoms with E-state index in [0.29, 0.717) is 17.2 Å². The first-order chi connectivity index (χ1) is 15.6. The number of urea groups is 1. The van der Waals surface area contributed by atoms with Gasteiger partial charge in [0.2, 0.25) is 20.0 Å². The van der Waals surface area contributed by atoms with E-state index in [4.69, 9.17) is 9.88 Å². The number of hydrogen-bond acceptors (Lipinski definition) is 6. The number of rotatable bonds is 9. The third-order valence-corrected chi connectivity index (χ3v) is 6.42. The lowest BCUT2D eigenvalue weighted by molar-refractivity contribution is 0.252. The number of ether oxygens (including phenoxy) is 1. The Morgan fingerprint density at radius 1 is 0.788 bits per heavy atom. The molecule has 174 valence electrons. The quantitative estimate of drug-likeness (QED) is 0.361. The fourth-order valence-electron chi connectivity index (χ4n) is 2.65. The van der Waals surface area contributed by atoms with Crippen molar-refractivity contribution in [2.75, 3.05) is 22.3 Å². The highest BCUT2D eigenvalue weighted by atomic mass is 32.2. The molecule has 10 nitrogen and oxygen atoms in total. The molecule has 0 atom stereocenters. The van der Waals surface area contributed by atoms with Crippen molar-refractivity contribution in [3.63, 3.8) is 0 Å². The predicted molar refractivity (Wildman–Crippen MR) is 125 cm³/mol. The topological polar surface area (TPSA) is 157 Å². The van der Waals surface area contributed by atoms with Crippen LogP contribution in [0.5, 0.6) is 11.5 Å². The second-order valence-corrected chi connectivity index (χ2v) is 10.2. The number of hydrogen-bond donors (Lipinski definition) is 4. The fraction of sp³-hybridized carbons (Fsp3) is 0.0952. The number of nitrogens with one attached hydrogen (secondary N) is 3. The molecular weight excluding hydrogens is 468 g/mol. The van der Waals surface area contributed by atoms with Crippen molar-refractivity contribution in [1.29, 1.82) is 0 Å². The Balaban J connectivity index is 1.44. The summed E-state index contributed by atoms with van der Waals surface area (Å²) < 4.78 is 54.8. The molecule has 0 fully saturated rings. The molecule has 2 amide bonds. The van der Waals surface area contributed by atoms with Gasteiger partial charge >= 0.3 is 6.03 Å². The van der Waals surface area contributed by atoms with Crippen LogP contribution in [0.4, 0.5) is 16.2 Å². The first kappa shape index (κ1) is 24.0. The van der Waals surface area contributed by atoms with Gasteiger partial charge in [-0.05, 0) is 60.7 Å². The standard InChI is InChI=1S/C21H22N4O6S2/c22-33(29,30)20-12-8-17(9-13-20)25-32(27,28)15-14-23-21(26)24-16-6-10-19(11-7-16)31-18-4-2-1-3-5-18/h1-13,25H,14-15H2,(H2,22,29,30)(H2,23,24,26). The Morgan fingerprint density at radius 2 is 1.36 bits per heavy atom. The van der Waals surface area contributed by atoms with Gasteiger partial charge in [-0.1, -0.05) is 18.2 Å². The molecule has 0 bridgehead atoms. The molecule has 12 heteroatoms. The second kappa shape index (κ2) is 10.3. The van der Waals surface area contributed by atoms with Gasteiger partial charge in [0.1, 0.15) is 11.5 Å². The smallest absolute Gasteiger partial charge is 0.319 e. The lowest BCUT2D eigenvalue weighted by atomic mass is 10.3. The van der Waals surface area contributed by atoms with Crippen molar-refractivity contribution < 1.29 is 26.4 Å². The highest BCUT2D eigenvalue weighted by molar-refractivity contribution is 7.92. The average Bonchev–Trinajstić information content (AvgIpc) is 2.75. The van der Waals surface area contributed by atoms with Crippen molar-refractivity contribution in [2.24, 2.45) is 5.14 Å². The molecule has 5 N–H and O–H groups in total. The predicted octanol–water partition coefficient (Wildman–Crippen LogP) is 2.69. The molecule has 0 aliphatic heterocycles. The van der Waals surface area contributed by atoms with Gasteiger partial charge in [-0.2, -0.15) is 0 Å². The third-order valence-electron chi connectivity index (χ3n) is 4.20. The Kier molecular flexibility index (Phi) is 7.53. The van der Waals surface area contributed by atoms with Crippen molar-refractivity contribution in [1.82, 2.24) is 5.32 Å². The number of sulfonamides is 2. The Hall–Kier alpha value is -3.61. The first-order valence-electron chi connectivity index (χ1n) is 9.62. The minimum atomic E-state index is -3.87. The first-order valence-corrected chi connectivity index (χ1v) is 12.8. The van der Waals surface area contributed by atoms with E-state index in [2.05, 4.69) is 15.4 Å². The number of nitrogens with two attached hydrogens (primary N) is 1. The number of para-hydroxylation sites is 1. The summed E-state index contributed by atoms with van der Waals surface area (Å²) in [6.45, 7) is -0.147. The van der Waals surface area contributed by atoms with E-state index in [1.807, 2.05) is 30.3 Å². The summed E-state index contributed by atoms with van der Waals surface area (Å²) in [4.78, 5) is 11.9. The zero-order valence-electron chi connectivity index (χ0n) is 17.3. The van der Waals surface area contributed by atoms with Gasteiger partial charge in [-0.25, -0.2) is 26.8 Å². The highest BCUT2D eigenvalue weighted by Gasteiger charge is 2.13. The Bertz CT molecular complexity index is 1300. The van der Waals surface area contributed by atoms with Gasteiger partial charge in [0.15, 0.2) is 0 Å². The molecule has 0 saturated carbocycles. The number of carbonyl (C=O) groups excluding carboxylic acids is 1. The summed E-state index contributed by atoms with van der Waals surface area (Å²) in [6.07, 6.45) is 0. The monoisotopic (exact) mass is 490 g/mol. The van der Waals surface area contributed by atoms with Gasteiger partial charge in [-0.3, -0.25) is 4.72 Å². The Morgan fingerprint density at radius 3 is 1.97 bits per heavy atom. The molecule has 3 rings (SSSR count). The summed E-state index contributed by atoms with van der Waals surface area (Å²) in [7, 11) is -7.64. The summed E-state index contributed by atoms with van der Waals surface area (Å²) in [6, 6.07) is 20.3. The van der Waals surface area contributed by atoms with E-state index >= 15 is 0 Å². The van der Waals surface area contributed by atoms with Gasteiger partial charge in [0.25, 0.3) is 0 Å². The van der Waals surface area contributed by atoms with Crippen LogP contribution in [0.3, 0.4) is 0 Å². The SMILES string of the molecule is NS(=O)(=O)c1ccc(NS(=O)(=O)CCNC(=O)Nc2ccc(Oc3ccccc3)cc2)cc1. The van der Waals surface area contributed by atoms with Crippen molar-refractivity contribution in [3.05, 3.63) is 78.9 Å². The van der Waals surface area contributed by atoms with E-state index in [-0.39, 0.29) is 22.9 Å². The number of carbonyl (C=O) groups is 1. The molecule has 0 unspecified atom stereocenters. The van der Waals surface area contributed by atoms with E-state index in [9.17, 15) is 21.6 Å². The number of amides is 2. The molecule has 0 heterocycles. The summed E-state index contributed by atoms with van der Waals surface area (Å²) in [5, 5.41) is 10.1. The molecule has 33 heavy (non-hydrogen) atoms. The largest absolute Gasteiger partial charge is 0.457 e. The van der Waals surface area contributed by atoms with Crippen LogP contribution in [0.15, 0.2) is 83.8 Å². The second-order valence-electron chi connectivity index (χ2n) is 6.81.